The third-order valence-electron chi connectivity index (χ3n) is 5.58. The molecule has 4 aromatic heterocycles. The molecule has 0 spiro atoms. The van der Waals surface area contributed by atoms with Crippen molar-refractivity contribution in [1.82, 2.24) is 29.3 Å². The van der Waals surface area contributed by atoms with Crippen LogP contribution in [0.5, 0.6) is 0 Å². The molecule has 0 radical (unpaired) electrons. The number of hydrogen-bond acceptors (Lipinski definition) is 6. The van der Waals surface area contributed by atoms with Crippen LogP contribution in [0, 0.1) is 0 Å². The molecule has 0 bridgehead atoms. The number of imidazole rings is 1. The van der Waals surface area contributed by atoms with Crippen LogP contribution < -0.4 is 16.0 Å². The molecule has 0 saturated carbocycles. The molecule has 1 aliphatic heterocycles. The second-order valence-electron chi connectivity index (χ2n) is 7.79. The van der Waals surface area contributed by atoms with Gasteiger partial charge >= 0.3 is 0 Å². The number of fused-ring (bicyclic) bond motifs is 2. The predicted molar refractivity (Wildman–Crippen MR) is 115 cm³/mol. The summed E-state index contributed by atoms with van der Waals surface area (Å²) in [7, 11) is 0. The number of nitrogens with two attached hydrogens (primary N) is 1. The van der Waals surface area contributed by atoms with Gasteiger partial charge in [0.15, 0.2) is 11.5 Å². The maximum atomic E-state index is 14.0. The summed E-state index contributed by atoms with van der Waals surface area (Å²) in [6.07, 6.45) is 6.01. The summed E-state index contributed by atoms with van der Waals surface area (Å²) in [5, 5.41) is 7.38. The lowest BCUT2D eigenvalue weighted by Gasteiger charge is -2.26. The molecule has 3 N–H and O–H groups in total. The van der Waals surface area contributed by atoms with Gasteiger partial charge in [-0.25, -0.2) is 23.3 Å². The SMILES string of the molecule is CC(NC(=O)c1c(N)nn2cccnc12)c1cc(Cl)c2cncn2c1N1CCC(F)(F)C1. The van der Waals surface area contributed by atoms with E-state index >= 15 is 0 Å². The normalized spacial score (nSPS) is 16.7. The molecule has 5 rings (SSSR count). The van der Waals surface area contributed by atoms with Crippen LogP contribution in [-0.2, 0) is 0 Å². The van der Waals surface area contributed by atoms with Gasteiger partial charge in [-0.3, -0.25) is 9.20 Å². The van der Waals surface area contributed by atoms with Gasteiger partial charge in [0.05, 0.1) is 29.3 Å². The number of carbonyl (C=O) groups excluding carboxylic acids is 1. The fraction of sp³-hybridized carbons (Fsp3) is 0.300. The van der Waals surface area contributed by atoms with Crippen LogP contribution in [0.15, 0.2) is 37.1 Å². The molecule has 5 heterocycles. The number of hydrogen-bond donors (Lipinski definition) is 2. The van der Waals surface area contributed by atoms with Crippen LogP contribution in [0.3, 0.4) is 0 Å². The van der Waals surface area contributed by atoms with Crippen molar-refractivity contribution in [3.8, 4) is 0 Å². The van der Waals surface area contributed by atoms with E-state index in [2.05, 4.69) is 20.4 Å². The van der Waals surface area contributed by atoms with E-state index in [1.807, 2.05) is 0 Å². The highest BCUT2D eigenvalue weighted by molar-refractivity contribution is 6.34. The lowest BCUT2D eigenvalue weighted by atomic mass is 10.1. The number of pyridine rings is 1. The summed E-state index contributed by atoms with van der Waals surface area (Å²) < 4.78 is 31.1. The molecule has 4 aromatic rings. The van der Waals surface area contributed by atoms with E-state index in [0.717, 1.165) is 0 Å². The molecule has 1 atom stereocenters. The van der Waals surface area contributed by atoms with Crippen molar-refractivity contribution < 1.29 is 13.6 Å². The molecule has 0 aliphatic carbocycles. The van der Waals surface area contributed by atoms with Crippen LogP contribution in [0.4, 0.5) is 20.4 Å². The molecule has 1 aliphatic rings. The van der Waals surface area contributed by atoms with Crippen LogP contribution in [0.2, 0.25) is 5.02 Å². The number of nitrogens with one attached hydrogen (secondary N) is 1. The zero-order valence-corrected chi connectivity index (χ0v) is 17.7. The summed E-state index contributed by atoms with van der Waals surface area (Å²) in [5.74, 6) is -2.73. The number of nitrogen functional groups attached to an aromatic ring is 1. The molecule has 1 fully saturated rings. The minimum absolute atomic E-state index is 0.0379. The van der Waals surface area contributed by atoms with E-state index in [1.165, 1.54) is 17.0 Å². The van der Waals surface area contributed by atoms with Gasteiger partial charge < -0.3 is 16.0 Å². The largest absolute Gasteiger partial charge is 0.381 e. The van der Waals surface area contributed by atoms with E-state index in [4.69, 9.17) is 17.3 Å². The second kappa shape index (κ2) is 7.30. The Balaban J connectivity index is 1.54. The standard InChI is InChI=1S/C20H19ClF2N8O/c1-11(27-18(32)15-16(24)28-31-5-2-4-26-17(15)31)12-7-13(21)14-8-25-10-30(14)19(12)29-6-3-20(22,23)9-29/h2,4-5,7-8,10-11H,3,6,9H2,1H3,(H2,24,28)(H,27,32). The number of alkyl halides is 2. The van der Waals surface area contributed by atoms with Gasteiger partial charge in [0.25, 0.3) is 11.8 Å². The van der Waals surface area contributed by atoms with E-state index < -0.39 is 24.4 Å². The average Bonchev–Trinajstić information content (AvgIpc) is 3.43. The van der Waals surface area contributed by atoms with Crippen LogP contribution >= 0.6 is 11.6 Å². The number of anilines is 2. The number of nitrogens with zero attached hydrogens (tertiary/aromatic N) is 6. The minimum Gasteiger partial charge on any atom is -0.381 e. The molecule has 1 unspecified atom stereocenters. The van der Waals surface area contributed by atoms with E-state index in [1.54, 1.807) is 40.8 Å². The predicted octanol–water partition coefficient (Wildman–Crippen LogP) is 2.95. The number of amides is 1. The Labute approximate surface area is 185 Å². The van der Waals surface area contributed by atoms with Gasteiger partial charge in [-0.1, -0.05) is 11.6 Å². The highest BCUT2D eigenvalue weighted by Gasteiger charge is 2.40. The maximum absolute atomic E-state index is 14.0. The first-order valence-corrected chi connectivity index (χ1v) is 10.3. The molecule has 12 heteroatoms. The first-order valence-electron chi connectivity index (χ1n) is 9.92. The van der Waals surface area contributed by atoms with Crippen molar-refractivity contribution in [2.75, 3.05) is 23.7 Å². The van der Waals surface area contributed by atoms with E-state index in [9.17, 15) is 13.6 Å². The van der Waals surface area contributed by atoms with Gasteiger partial charge in [0.1, 0.15) is 17.7 Å². The van der Waals surface area contributed by atoms with Crippen molar-refractivity contribution in [1.29, 1.82) is 0 Å². The lowest BCUT2D eigenvalue weighted by Crippen LogP contribution is -2.32. The van der Waals surface area contributed by atoms with Crippen molar-refractivity contribution >= 4 is 40.3 Å². The molecular formula is C20H19ClF2N8O. The van der Waals surface area contributed by atoms with Gasteiger partial charge in [-0.05, 0) is 19.1 Å². The minimum atomic E-state index is -2.80. The summed E-state index contributed by atoms with van der Waals surface area (Å²) in [6, 6.07) is 2.76. The third kappa shape index (κ3) is 3.29. The molecule has 0 aromatic carbocycles. The Morgan fingerprint density at radius 1 is 1.41 bits per heavy atom. The number of halogens is 3. The van der Waals surface area contributed by atoms with Crippen LogP contribution in [0.1, 0.15) is 35.3 Å². The topological polar surface area (TPSA) is 106 Å². The van der Waals surface area contributed by atoms with Crippen molar-refractivity contribution in [2.24, 2.45) is 0 Å². The fourth-order valence-electron chi connectivity index (χ4n) is 4.09. The summed E-state index contributed by atoms with van der Waals surface area (Å²) >= 11 is 6.44. The maximum Gasteiger partial charge on any atom is 0.266 e. The second-order valence-corrected chi connectivity index (χ2v) is 8.20. The molecular weight excluding hydrogens is 442 g/mol. The lowest BCUT2D eigenvalue weighted by molar-refractivity contribution is 0.0256. The fourth-order valence-corrected chi connectivity index (χ4v) is 4.35. The Kier molecular flexibility index (Phi) is 4.66. The van der Waals surface area contributed by atoms with Crippen molar-refractivity contribution in [3.05, 3.63) is 53.2 Å². The number of rotatable bonds is 4. The molecule has 1 amide bonds. The monoisotopic (exact) mass is 460 g/mol. The highest BCUT2D eigenvalue weighted by Crippen LogP contribution is 2.37. The molecule has 32 heavy (non-hydrogen) atoms. The Morgan fingerprint density at radius 2 is 2.22 bits per heavy atom. The molecule has 1 saturated heterocycles. The first-order chi connectivity index (χ1) is 15.2. The summed E-state index contributed by atoms with van der Waals surface area (Å²) in [5.41, 5.74) is 7.58. The molecule has 166 valence electrons. The average molecular weight is 461 g/mol. The van der Waals surface area contributed by atoms with Crippen LogP contribution in [0.25, 0.3) is 11.2 Å². The zero-order valence-electron chi connectivity index (χ0n) is 17.0. The summed E-state index contributed by atoms with van der Waals surface area (Å²) in [6.45, 7) is 1.49. The van der Waals surface area contributed by atoms with Gasteiger partial charge in [0.2, 0.25) is 0 Å². The van der Waals surface area contributed by atoms with E-state index in [-0.39, 0.29) is 24.3 Å². The highest BCUT2D eigenvalue weighted by atomic mass is 35.5. The first kappa shape index (κ1) is 20.4. The van der Waals surface area contributed by atoms with E-state index in [0.29, 0.717) is 27.6 Å². The molecule has 9 nitrogen and oxygen atoms in total. The smallest absolute Gasteiger partial charge is 0.266 e. The van der Waals surface area contributed by atoms with Gasteiger partial charge in [-0.2, -0.15) is 0 Å². The Hall–Kier alpha value is -3.47. The van der Waals surface area contributed by atoms with Crippen molar-refractivity contribution in [3.63, 3.8) is 0 Å². The van der Waals surface area contributed by atoms with Gasteiger partial charge in [0, 0.05) is 30.9 Å². The number of aromatic nitrogens is 5. The van der Waals surface area contributed by atoms with Crippen LogP contribution in [-0.4, -0.2) is 48.9 Å². The van der Waals surface area contributed by atoms with Gasteiger partial charge in [-0.15, -0.1) is 5.10 Å². The Morgan fingerprint density at radius 3 is 2.97 bits per heavy atom. The zero-order chi connectivity index (χ0) is 22.6. The third-order valence-corrected chi connectivity index (χ3v) is 5.89. The quantitative estimate of drug-likeness (QED) is 0.485. The number of carbonyl (C=O) groups is 1. The van der Waals surface area contributed by atoms with Crippen molar-refractivity contribution in [2.45, 2.75) is 25.3 Å². The summed E-state index contributed by atoms with van der Waals surface area (Å²) in [4.78, 5) is 23.0. The Bertz CT molecular complexity index is 1350.